The molecule has 0 bridgehead atoms. The summed E-state index contributed by atoms with van der Waals surface area (Å²) in [6.07, 6.45) is 4.62. The molecule has 17 heavy (non-hydrogen) atoms. The molecule has 0 amide bonds. The highest BCUT2D eigenvalue weighted by Gasteiger charge is 1.96. The van der Waals surface area contributed by atoms with Gasteiger partial charge in [0.25, 0.3) is 0 Å². The third-order valence-electron chi connectivity index (χ3n) is 2.29. The summed E-state index contributed by atoms with van der Waals surface area (Å²) < 4.78 is 5.64. The average molecular weight is 248 g/mol. The maximum Gasteiger partial charge on any atom is 0.165 e. The Labute approximate surface area is 106 Å². The number of imidazole rings is 1. The summed E-state index contributed by atoms with van der Waals surface area (Å²) in [5.41, 5.74) is 1.26. The standard InChI is InChI=1S/C13H16N2OS/c1-11-3-5-12(6-4-11)16-9-2-10-17-13-14-7-8-15-13/h3-8H,2,9-10H2,1H3,(H,14,15). The van der Waals surface area contributed by atoms with Crippen LogP contribution in [0.5, 0.6) is 5.75 Å². The zero-order valence-electron chi connectivity index (χ0n) is 9.85. The molecule has 3 nitrogen and oxygen atoms in total. The van der Waals surface area contributed by atoms with Crippen molar-refractivity contribution in [3.63, 3.8) is 0 Å². The number of hydrogen-bond acceptors (Lipinski definition) is 3. The molecule has 0 aliphatic carbocycles. The van der Waals surface area contributed by atoms with Crippen LogP contribution in [0.1, 0.15) is 12.0 Å². The van der Waals surface area contributed by atoms with Crippen molar-refractivity contribution in [1.29, 1.82) is 0 Å². The molecular formula is C13H16N2OS. The van der Waals surface area contributed by atoms with E-state index in [9.17, 15) is 0 Å². The van der Waals surface area contributed by atoms with E-state index in [0.29, 0.717) is 0 Å². The molecule has 0 aliphatic heterocycles. The van der Waals surface area contributed by atoms with Gasteiger partial charge >= 0.3 is 0 Å². The van der Waals surface area contributed by atoms with Crippen LogP contribution in [-0.2, 0) is 0 Å². The first-order valence-corrected chi connectivity index (χ1v) is 6.65. The number of thioether (sulfide) groups is 1. The normalized spacial score (nSPS) is 10.4. The summed E-state index contributed by atoms with van der Waals surface area (Å²) in [6, 6.07) is 8.14. The first-order valence-electron chi connectivity index (χ1n) is 5.66. The molecule has 0 unspecified atom stereocenters. The highest BCUT2D eigenvalue weighted by atomic mass is 32.2. The van der Waals surface area contributed by atoms with E-state index >= 15 is 0 Å². The Bertz CT molecular complexity index is 425. The fraction of sp³-hybridized carbons (Fsp3) is 0.308. The van der Waals surface area contributed by atoms with Gasteiger partial charge in [-0.2, -0.15) is 0 Å². The summed E-state index contributed by atoms with van der Waals surface area (Å²) in [5.74, 6) is 1.96. The van der Waals surface area contributed by atoms with Crippen molar-refractivity contribution in [2.45, 2.75) is 18.5 Å². The molecule has 0 saturated carbocycles. The molecule has 0 spiro atoms. The Morgan fingerprint density at radius 3 is 2.82 bits per heavy atom. The number of benzene rings is 1. The van der Waals surface area contributed by atoms with Crippen molar-refractivity contribution in [2.24, 2.45) is 0 Å². The first-order chi connectivity index (χ1) is 8.34. The van der Waals surface area contributed by atoms with E-state index < -0.39 is 0 Å². The minimum Gasteiger partial charge on any atom is -0.494 e. The number of aromatic amines is 1. The molecule has 0 fully saturated rings. The van der Waals surface area contributed by atoms with Crippen LogP contribution in [0.25, 0.3) is 0 Å². The van der Waals surface area contributed by atoms with Crippen LogP contribution in [0.2, 0.25) is 0 Å². The van der Waals surface area contributed by atoms with E-state index in [4.69, 9.17) is 4.74 Å². The molecule has 0 atom stereocenters. The molecule has 2 rings (SSSR count). The van der Waals surface area contributed by atoms with Crippen molar-refractivity contribution in [1.82, 2.24) is 9.97 Å². The Hall–Kier alpha value is -1.42. The predicted octanol–water partition coefficient (Wildman–Crippen LogP) is 3.28. The van der Waals surface area contributed by atoms with Crippen molar-refractivity contribution >= 4 is 11.8 Å². The molecule has 4 heteroatoms. The Kier molecular flexibility index (Phi) is 4.50. The molecule has 90 valence electrons. The zero-order valence-corrected chi connectivity index (χ0v) is 10.7. The van der Waals surface area contributed by atoms with Crippen LogP contribution < -0.4 is 4.74 Å². The van der Waals surface area contributed by atoms with Crippen molar-refractivity contribution in [3.05, 3.63) is 42.2 Å². The van der Waals surface area contributed by atoms with E-state index in [-0.39, 0.29) is 0 Å². The van der Waals surface area contributed by atoms with Crippen LogP contribution in [0.3, 0.4) is 0 Å². The van der Waals surface area contributed by atoms with Gasteiger partial charge in [0.15, 0.2) is 5.16 Å². The summed E-state index contributed by atoms with van der Waals surface area (Å²) in [7, 11) is 0. The minimum atomic E-state index is 0.747. The molecule has 1 heterocycles. The van der Waals surface area contributed by atoms with Gasteiger partial charge in [-0.15, -0.1) is 0 Å². The molecule has 2 aromatic rings. The van der Waals surface area contributed by atoms with Crippen LogP contribution in [0.15, 0.2) is 41.8 Å². The third-order valence-corrected chi connectivity index (χ3v) is 3.28. The molecule has 1 aromatic heterocycles. The number of H-pyrrole nitrogens is 1. The van der Waals surface area contributed by atoms with Crippen LogP contribution in [-0.4, -0.2) is 22.3 Å². The first kappa shape index (κ1) is 12.0. The van der Waals surface area contributed by atoms with Gasteiger partial charge in [0.1, 0.15) is 5.75 Å². The largest absolute Gasteiger partial charge is 0.494 e. The number of ether oxygens (including phenoxy) is 1. The van der Waals surface area contributed by atoms with E-state index in [1.54, 1.807) is 18.0 Å². The van der Waals surface area contributed by atoms with Gasteiger partial charge in [-0.3, -0.25) is 0 Å². The molecular weight excluding hydrogens is 232 g/mol. The molecule has 0 aliphatic rings. The second-order valence-corrected chi connectivity index (χ2v) is 4.84. The number of nitrogens with one attached hydrogen (secondary N) is 1. The van der Waals surface area contributed by atoms with Crippen LogP contribution in [0.4, 0.5) is 0 Å². The Morgan fingerprint density at radius 2 is 2.12 bits per heavy atom. The quantitative estimate of drug-likeness (QED) is 0.629. The number of aromatic nitrogens is 2. The van der Waals surface area contributed by atoms with Gasteiger partial charge in [0.2, 0.25) is 0 Å². The smallest absolute Gasteiger partial charge is 0.165 e. The van der Waals surface area contributed by atoms with E-state index in [0.717, 1.165) is 29.7 Å². The van der Waals surface area contributed by atoms with Gasteiger partial charge in [0, 0.05) is 18.1 Å². The van der Waals surface area contributed by atoms with Crippen LogP contribution >= 0.6 is 11.8 Å². The summed E-state index contributed by atoms with van der Waals surface area (Å²) in [6.45, 7) is 2.82. The Balaban J connectivity index is 1.61. The van der Waals surface area contributed by atoms with E-state index in [2.05, 4.69) is 29.0 Å². The molecule has 0 saturated heterocycles. The second kappa shape index (κ2) is 6.35. The number of nitrogens with zero attached hydrogens (tertiary/aromatic N) is 1. The second-order valence-electron chi connectivity index (χ2n) is 3.76. The number of aryl methyl sites for hydroxylation is 1. The molecule has 0 radical (unpaired) electrons. The maximum absolute atomic E-state index is 5.64. The summed E-state index contributed by atoms with van der Waals surface area (Å²) in [5, 5.41) is 0.973. The molecule has 1 aromatic carbocycles. The lowest BCUT2D eigenvalue weighted by Crippen LogP contribution is -1.98. The molecule has 1 N–H and O–H groups in total. The SMILES string of the molecule is Cc1ccc(OCCCSc2ncc[nH]2)cc1. The lowest BCUT2D eigenvalue weighted by molar-refractivity contribution is 0.318. The third kappa shape index (κ3) is 4.15. The Morgan fingerprint density at radius 1 is 1.29 bits per heavy atom. The highest BCUT2D eigenvalue weighted by Crippen LogP contribution is 2.14. The highest BCUT2D eigenvalue weighted by molar-refractivity contribution is 7.99. The maximum atomic E-state index is 5.64. The lowest BCUT2D eigenvalue weighted by atomic mass is 10.2. The average Bonchev–Trinajstić information content (AvgIpc) is 2.84. The van der Waals surface area contributed by atoms with Crippen LogP contribution in [0, 0.1) is 6.92 Å². The predicted molar refractivity (Wildman–Crippen MR) is 70.6 cm³/mol. The monoisotopic (exact) mass is 248 g/mol. The van der Waals surface area contributed by atoms with Gasteiger partial charge in [-0.1, -0.05) is 29.5 Å². The number of hydrogen-bond donors (Lipinski definition) is 1. The summed E-state index contributed by atoms with van der Waals surface area (Å²) in [4.78, 5) is 7.21. The summed E-state index contributed by atoms with van der Waals surface area (Å²) >= 11 is 1.72. The van der Waals surface area contributed by atoms with Crippen molar-refractivity contribution < 1.29 is 4.74 Å². The lowest BCUT2D eigenvalue weighted by Gasteiger charge is -2.05. The van der Waals surface area contributed by atoms with E-state index in [1.807, 2.05) is 18.3 Å². The van der Waals surface area contributed by atoms with Gasteiger partial charge in [-0.25, -0.2) is 4.98 Å². The van der Waals surface area contributed by atoms with Gasteiger partial charge in [0.05, 0.1) is 6.61 Å². The fourth-order valence-corrected chi connectivity index (χ4v) is 2.12. The van der Waals surface area contributed by atoms with Gasteiger partial charge < -0.3 is 9.72 Å². The van der Waals surface area contributed by atoms with Crippen molar-refractivity contribution in [3.8, 4) is 5.75 Å². The van der Waals surface area contributed by atoms with E-state index in [1.165, 1.54) is 5.56 Å². The van der Waals surface area contributed by atoms with Crippen molar-refractivity contribution in [2.75, 3.05) is 12.4 Å². The topological polar surface area (TPSA) is 37.9 Å². The fourth-order valence-electron chi connectivity index (χ4n) is 1.38. The number of rotatable bonds is 6. The minimum absolute atomic E-state index is 0.747. The zero-order chi connectivity index (χ0) is 11.9. The van der Waals surface area contributed by atoms with Gasteiger partial charge in [-0.05, 0) is 25.5 Å².